The Morgan fingerprint density at radius 3 is 2.50 bits per heavy atom. The molecule has 0 aromatic carbocycles. The predicted molar refractivity (Wildman–Crippen MR) is 113 cm³/mol. The lowest BCUT2D eigenvalue weighted by molar-refractivity contribution is -0.117. The summed E-state index contributed by atoms with van der Waals surface area (Å²) >= 11 is 0. The summed E-state index contributed by atoms with van der Waals surface area (Å²) in [6.07, 6.45) is 16.5. The summed E-state index contributed by atoms with van der Waals surface area (Å²) < 4.78 is 0. The van der Waals surface area contributed by atoms with Crippen LogP contribution >= 0.6 is 0 Å². The van der Waals surface area contributed by atoms with E-state index >= 15 is 0 Å². The van der Waals surface area contributed by atoms with Gasteiger partial charge in [-0.25, -0.2) is 0 Å². The van der Waals surface area contributed by atoms with Gasteiger partial charge in [0, 0.05) is 53.1 Å². The molecule has 6 heteroatoms. The van der Waals surface area contributed by atoms with Crippen LogP contribution < -0.4 is 16.4 Å². The predicted octanol–water partition coefficient (Wildman–Crippen LogP) is 2.88. The summed E-state index contributed by atoms with van der Waals surface area (Å²) in [5.74, 6) is -0.245. The van der Waals surface area contributed by atoms with Crippen LogP contribution in [0.15, 0.2) is 45.3 Å². The molecular formula is C22H31N5O. The highest BCUT2D eigenvalue weighted by atomic mass is 16.1. The molecule has 28 heavy (non-hydrogen) atoms. The Morgan fingerprint density at radius 2 is 1.71 bits per heavy atom. The molecule has 1 amide bonds. The third-order valence-electron chi connectivity index (χ3n) is 6.06. The Labute approximate surface area is 167 Å². The van der Waals surface area contributed by atoms with Gasteiger partial charge in [-0.2, -0.15) is 0 Å². The van der Waals surface area contributed by atoms with Crippen molar-refractivity contribution in [3.05, 3.63) is 35.3 Å². The van der Waals surface area contributed by atoms with Gasteiger partial charge in [0.05, 0.1) is 0 Å². The normalized spacial score (nSPS) is 30.5. The third kappa shape index (κ3) is 4.61. The Bertz CT molecular complexity index is 789. The van der Waals surface area contributed by atoms with Crippen LogP contribution in [0, 0.1) is 0 Å². The number of hydrogen-bond donors (Lipinski definition) is 3. The molecule has 3 unspecified atom stereocenters. The maximum atomic E-state index is 9.59. The van der Waals surface area contributed by atoms with Crippen molar-refractivity contribution in [2.45, 2.75) is 82.8 Å². The molecule has 4 N–H and O–H groups in total. The number of aliphatic imine (C=N–C) groups is 2. The van der Waals surface area contributed by atoms with Crippen LogP contribution in [-0.2, 0) is 4.79 Å². The summed E-state index contributed by atoms with van der Waals surface area (Å²) in [4.78, 5) is 19.3. The van der Waals surface area contributed by atoms with Crippen molar-refractivity contribution in [3.8, 4) is 0 Å². The number of nitrogens with zero attached hydrogens (tertiary/aromatic N) is 2. The average molecular weight is 382 g/mol. The summed E-state index contributed by atoms with van der Waals surface area (Å²) in [6.45, 7) is 1.72. The Kier molecular flexibility index (Phi) is 5.76. The number of nitrogens with one attached hydrogen (secondary N) is 2. The molecule has 5 rings (SSSR count). The topological polar surface area (TPSA) is 91.9 Å². The van der Waals surface area contributed by atoms with Gasteiger partial charge >= 0.3 is 0 Å². The van der Waals surface area contributed by atoms with Gasteiger partial charge in [-0.1, -0.05) is 6.92 Å². The highest BCUT2D eigenvalue weighted by molar-refractivity contribution is 6.01. The van der Waals surface area contributed by atoms with Crippen molar-refractivity contribution in [2.75, 3.05) is 0 Å². The molecule has 5 heterocycles. The largest absolute Gasteiger partial charge is 0.384 e. The Morgan fingerprint density at radius 1 is 1.00 bits per heavy atom. The highest BCUT2D eigenvalue weighted by Crippen LogP contribution is 2.29. The number of rotatable bonds is 1. The van der Waals surface area contributed by atoms with Crippen molar-refractivity contribution in [3.63, 3.8) is 0 Å². The molecule has 150 valence electrons. The summed E-state index contributed by atoms with van der Waals surface area (Å²) in [7, 11) is 0. The number of nitrogens with two attached hydrogens (primary N) is 1. The van der Waals surface area contributed by atoms with Gasteiger partial charge in [-0.3, -0.25) is 14.8 Å². The number of primary amides is 1. The zero-order valence-electron chi connectivity index (χ0n) is 16.7. The van der Waals surface area contributed by atoms with Gasteiger partial charge in [0.2, 0.25) is 5.91 Å². The van der Waals surface area contributed by atoms with Crippen LogP contribution in [0.1, 0.15) is 64.7 Å². The van der Waals surface area contributed by atoms with E-state index in [4.69, 9.17) is 9.98 Å². The second kappa shape index (κ2) is 8.43. The van der Waals surface area contributed by atoms with Crippen LogP contribution in [0.3, 0.4) is 0 Å². The van der Waals surface area contributed by atoms with Crippen molar-refractivity contribution >= 4 is 17.3 Å². The van der Waals surface area contributed by atoms with Crippen molar-refractivity contribution in [1.29, 1.82) is 0 Å². The molecule has 0 saturated carbocycles. The first-order valence-electron chi connectivity index (χ1n) is 10.7. The van der Waals surface area contributed by atoms with E-state index in [1.54, 1.807) is 6.92 Å². The zero-order valence-corrected chi connectivity index (χ0v) is 16.7. The fraction of sp³-hybridized carbons (Fsp3) is 0.591. The third-order valence-corrected chi connectivity index (χ3v) is 6.06. The lowest BCUT2D eigenvalue weighted by Gasteiger charge is -2.20. The molecule has 0 radical (unpaired) electrons. The number of amides is 1. The van der Waals surface area contributed by atoms with Crippen LogP contribution in [0.5, 0.6) is 0 Å². The quantitative estimate of drug-likeness (QED) is 0.652. The lowest BCUT2D eigenvalue weighted by Crippen LogP contribution is -2.42. The molecule has 0 aromatic heterocycles. The number of allylic oxidation sites excluding steroid dienone is 5. The molecule has 0 aliphatic carbocycles. The second-order valence-electron chi connectivity index (χ2n) is 8.24. The van der Waals surface area contributed by atoms with E-state index in [0.717, 1.165) is 25.7 Å². The average Bonchev–Trinajstić information content (AvgIpc) is 3.45. The molecular weight excluding hydrogens is 350 g/mol. The van der Waals surface area contributed by atoms with E-state index in [1.165, 1.54) is 54.2 Å². The minimum atomic E-state index is -0.245. The molecule has 5 aliphatic rings. The van der Waals surface area contributed by atoms with Crippen LogP contribution in [0.2, 0.25) is 0 Å². The second-order valence-corrected chi connectivity index (χ2v) is 8.24. The number of fused-ring (bicyclic) bond motifs is 7. The maximum absolute atomic E-state index is 9.59. The monoisotopic (exact) mass is 381 g/mol. The molecule has 5 aliphatic heterocycles. The summed E-state index contributed by atoms with van der Waals surface area (Å²) in [5, 5.41) is 7.58. The van der Waals surface area contributed by atoms with Gasteiger partial charge < -0.3 is 16.4 Å². The van der Waals surface area contributed by atoms with Gasteiger partial charge in [-0.15, -0.1) is 0 Å². The van der Waals surface area contributed by atoms with E-state index in [9.17, 15) is 4.79 Å². The number of carbonyl (C=O) groups is 1. The maximum Gasteiger partial charge on any atom is 0.217 e. The Hall–Kier alpha value is -2.21. The minimum absolute atomic E-state index is 0.245. The molecule has 8 bridgehead atoms. The van der Waals surface area contributed by atoms with E-state index in [-0.39, 0.29) is 5.91 Å². The molecule has 6 nitrogen and oxygen atoms in total. The summed E-state index contributed by atoms with van der Waals surface area (Å²) in [6, 6.07) is 1.67. The smallest absolute Gasteiger partial charge is 0.217 e. The number of carbonyl (C=O) groups excluding carboxylic acids is 1. The van der Waals surface area contributed by atoms with Crippen molar-refractivity contribution in [1.82, 2.24) is 10.6 Å². The van der Waals surface area contributed by atoms with E-state index < -0.39 is 0 Å². The first-order chi connectivity index (χ1) is 13.6. The van der Waals surface area contributed by atoms with Crippen molar-refractivity contribution in [2.24, 2.45) is 15.7 Å². The van der Waals surface area contributed by atoms with E-state index in [2.05, 4.69) is 34.6 Å². The minimum Gasteiger partial charge on any atom is -0.384 e. The van der Waals surface area contributed by atoms with Gasteiger partial charge in [-0.05, 0) is 69.6 Å². The molecule has 3 atom stereocenters. The first-order valence-corrected chi connectivity index (χ1v) is 10.7. The van der Waals surface area contributed by atoms with Gasteiger partial charge in [0.25, 0.3) is 0 Å². The SMILES string of the molecule is C1=C2CCC(=N2)C=C2CCC(N2)C2CCC(C=C3CCC1=N3)N2.CCC(N)=O. The van der Waals surface area contributed by atoms with Crippen LogP contribution in [-0.4, -0.2) is 35.5 Å². The van der Waals surface area contributed by atoms with E-state index in [1.807, 2.05) is 0 Å². The van der Waals surface area contributed by atoms with E-state index in [0.29, 0.717) is 24.5 Å². The zero-order chi connectivity index (χ0) is 19.5. The highest BCUT2D eigenvalue weighted by Gasteiger charge is 2.33. The van der Waals surface area contributed by atoms with Gasteiger partial charge in [0.15, 0.2) is 0 Å². The van der Waals surface area contributed by atoms with Crippen LogP contribution in [0.4, 0.5) is 0 Å². The molecule has 0 aromatic rings. The summed E-state index contributed by atoms with van der Waals surface area (Å²) in [5.41, 5.74) is 11.0. The first kappa shape index (κ1) is 19.1. The Balaban J connectivity index is 0.000000346. The fourth-order valence-electron chi connectivity index (χ4n) is 4.52. The van der Waals surface area contributed by atoms with Crippen LogP contribution in [0.25, 0.3) is 0 Å². The molecule has 2 fully saturated rings. The fourth-order valence-corrected chi connectivity index (χ4v) is 4.52. The van der Waals surface area contributed by atoms with Crippen molar-refractivity contribution < 1.29 is 4.79 Å². The number of hydrogen-bond acceptors (Lipinski definition) is 5. The lowest BCUT2D eigenvalue weighted by atomic mass is 10.0. The molecule has 2 saturated heterocycles. The van der Waals surface area contributed by atoms with Gasteiger partial charge in [0.1, 0.15) is 0 Å². The molecule has 0 spiro atoms. The standard InChI is InChI=1S/C19H24N4.C3H7NO/c1-3-14-10-16-5-7-18(22-16)19-8-6-17(23-19)11-15-4-2-13(21-15)9-12(1)20-14;1-2-3(4)5/h9-11,16,18-19,22-23H,1-8H2;2H2,1H3,(H2,4,5).